The second-order valence-corrected chi connectivity index (χ2v) is 10.3. The van der Waals surface area contributed by atoms with E-state index >= 15 is 4.39 Å². The maximum atomic E-state index is 15.1. The Hall–Kier alpha value is -3.50. The lowest BCUT2D eigenvalue weighted by atomic mass is 9.92. The smallest absolute Gasteiger partial charge is 0.303 e. The van der Waals surface area contributed by atoms with Crippen LogP contribution >= 0.6 is 0 Å². The van der Waals surface area contributed by atoms with Crippen LogP contribution in [0.1, 0.15) is 37.0 Å². The number of nitrogens with one attached hydrogen (secondary N) is 1. The number of hydrogen-bond donors (Lipinski definition) is 2. The molecule has 5 rings (SSSR count). The molecule has 0 radical (unpaired) electrons. The minimum atomic E-state index is -3.77. The first kappa shape index (κ1) is 26.1. The van der Waals surface area contributed by atoms with E-state index in [4.69, 9.17) is 4.74 Å². The van der Waals surface area contributed by atoms with Gasteiger partial charge >= 0.3 is 5.92 Å². The summed E-state index contributed by atoms with van der Waals surface area (Å²) < 4.78 is 49.5. The summed E-state index contributed by atoms with van der Waals surface area (Å²) in [5.74, 6) is -4.75. The molecule has 1 fully saturated rings. The first-order valence-corrected chi connectivity index (χ1v) is 12.5. The summed E-state index contributed by atoms with van der Waals surface area (Å²) in [7, 11) is 0. The van der Waals surface area contributed by atoms with Crippen molar-refractivity contribution < 1.29 is 27.8 Å². The molecule has 3 aromatic rings. The molecule has 38 heavy (non-hydrogen) atoms. The topological polar surface area (TPSA) is 87.6 Å². The van der Waals surface area contributed by atoms with Gasteiger partial charge in [-0.1, -0.05) is 24.3 Å². The lowest BCUT2D eigenvalue weighted by Gasteiger charge is -2.33. The number of carbonyl (C=O) groups excluding carboxylic acids is 1. The fourth-order valence-corrected chi connectivity index (χ4v) is 4.64. The Kier molecular flexibility index (Phi) is 6.87. The van der Waals surface area contributed by atoms with Crippen molar-refractivity contribution in [2.24, 2.45) is 5.92 Å². The number of amides is 1. The maximum absolute atomic E-state index is 15.1. The number of nitrogens with zero attached hydrogens (tertiary/aromatic N) is 3. The fourth-order valence-electron chi connectivity index (χ4n) is 4.64. The summed E-state index contributed by atoms with van der Waals surface area (Å²) in [6.07, 6.45) is 4.27. The van der Waals surface area contributed by atoms with E-state index in [0.29, 0.717) is 43.9 Å². The van der Waals surface area contributed by atoms with Gasteiger partial charge in [-0.15, -0.1) is 0 Å². The second kappa shape index (κ2) is 9.99. The van der Waals surface area contributed by atoms with Crippen LogP contribution in [-0.4, -0.2) is 58.0 Å². The number of aromatic nitrogens is 2. The van der Waals surface area contributed by atoms with E-state index < -0.39 is 22.9 Å². The summed E-state index contributed by atoms with van der Waals surface area (Å²) in [4.78, 5) is 14.3. The van der Waals surface area contributed by atoms with Gasteiger partial charge in [-0.05, 0) is 49.6 Å². The Morgan fingerprint density at radius 3 is 2.68 bits per heavy atom. The number of halogens is 3. The molecule has 1 amide bonds. The Bertz CT molecular complexity index is 1400. The van der Waals surface area contributed by atoms with E-state index in [1.165, 1.54) is 18.3 Å². The van der Waals surface area contributed by atoms with Crippen LogP contribution < -0.4 is 5.32 Å². The minimum absolute atomic E-state index is 0.0316. The SMILES string of the molecule is CC(C)(O)C(F)(F)c1cccc(CNc2cnnc3ccc(C4=CCN(C(=O)C5COC5)CC4)cc23)c1F. The molecule has 3 heterocycles. The van der Waals surface area contributed by atoms with E-state index in [0.717, 1.165) is 36.4 Å². The molecule has 0 atom stereocenters. The summed E-state index contributed by atoms with van der Waals surface area (Å²) in [5, 5.41) is 21.9. The lowest BCUT2D eigenvalue weighted by Crippen LogP contribution is -2.46. The molecule has 0 spiro atoms. The highest BCUT2D eigenvalue weighted by Gasteiger charge is 2.49. The molecule has 7 nitrogen and oxygen atoms in total. The van der Waals surface area contributed by atoms with Gasteiger partial charge in [-0.2, -0.15) is 19.0 Å². The number of anilines is 1. The molecule has 0 aliphatic carbocycles. The van der Waals surface area contributed by atoms with Crippen molar-refractivity contribution >= 4 is 28.1 Å². The molecule has 2 aliphatic heterocycles. The van der Waals surface area contributed by atoms with E-state index in [9.17, 15) is 18.7 Å². The molecule has 200 valence electrons. The Morgan fingerprint density at radius 2 is 2.03 bits per heavy atom. The molecule has 1 aromatic heterocycles. The van der Waals surface area contributed by atoms with Crippen LogP contribution in [0.2, 0.25) is 0 Å². The molecule has 2 aliphatic rings. The van der Waals surface area contributed by atoms with Gasteiger partial charge in [-0.3, -0.25) is 4.79 Å². The van der Waals surface area contributed by atoms with Crippen LogP contribution in [0.25, 0.3) is 16.5 Å². The molecular weight excluding hydrogens is 497 g/mol. The second-order valence-electron chi connectivity index (χ2n) is 10.3. The number of carbonyl (C=O) groups is 1. The minimum Gasteiger partial charge on any atom is -0.384 e. The molecule has 10 heteroatoms. The van der Waals surface area contributed by atoms with Crippen molar-refractivity contribution in [1.82, 2.24) is 15.1 Å². The highest BCUT2D eigenvalue weighted by molar-refractivity contribution is 5.93. The fraction of sp³-hybridized carbons (Fsp3) is 0.393. The number of ether oxygens (including phenoxy) is 1. The number of aliphatic hydroxyl groups is 1. The third-order valence-corrected chi connectivity index (χ3v) is 7.17. The van der Waals surface area contributed by atoms with Crippen molar-refractivity contribution in [1.29, 1.82) is 0 Å². The van der Waals surface area contributed by atoms with Crippen LogP contribution in [0.3, 0.4) is 0 Å². The number of fused-ring (bicyclic) bond motifs is 1. The van der Waals surface area contributed by atoms with Crippen LogP contribution in [0.5, 0.6) is 0 Å². The normalized spacial score (nSPS) is 16.8. The number of rotatable bonds is 7. The van der Waals surface area contributed by atoms with Crippen molar-refractivity contribution in [2.75, 3.05) is 31.6 Å². The summed E-state index contributed by atoms with van der Waals surface area (Å²) in [6, 6.07) is 9.51. The zero-order chi connectivity index (χ0) is 27.1. The van der Waals surface area contributed by atoms with Gasteiger partial charge in [0.05, 0.1) is 42.1 Å². The van der Waals surface area contributed by atoms with E-state index in [1.807, 2.05) is 29.2 Å². The molecular formula is C28H29F3N4O3. The monoisotopic (exact) mass is 526 g/mol. The summed E-state index contributed by atoms with van der Waals surface area (Å²) in [5.41, 5.74) is 0.0382. The van der Waals surface area contributed by atoms with Crippen LogP contribution in [0, 0.1) is 11.7 Å². The molecule has 1 saturated heterocycles. The Labute approximate surface area is 218 Å². The predicted molar refractivity (Wildman–Crippen MR) is 137 cm³/mol. The lowest BCUT2D eigenvalue weighted by molar-refractivity contribution is -0.170. The molecule has 2 aromatic carbocycles. The largest absolute Gasteiger partial charge is 0.384 e. The van der Waals surface area contributed by atoms with Gasteiger partial charge in [0.2, 0.25) is 5.91 Å². The zero-order valence-corrected chi connectivity index (χ0v) is 21.2. The highest BCUT2D eigenvalue weighted by atomic mass is 19.3. The summed E-state index contributed by atoms with van der Waals surface area (Å²) in [6.45, 7) is 3.97. The number of hydrogen-bond acceptors (Lipinski definition) is 6. The van der Waals surface area contributed by atoms with E-state index in [-0.39, 0.29) is 23.9 Å². The third-order valence-electron chi connectivity index (χ3n) is 7.17. The molecule has 0 unspecified atom stereocenters. The maximum Gasteiger partial charge on any atom is 0.303 e. The first-order valence-electron chi connectivity index (χ1n) is 12.5. The van der Waals surface area contributed by atoms with E-state index in [2.05, 4.69) is 15.5 Å². The van der Waals surface area contributed by atoms with E-state index in [1.54, 1.807) is 0 Å². The molecule has 2 N–H and O–H groups in total. The predicted octanol–water partition coefficient (Wildman–Crippen LogP) is 4.51. The van der Waals surface area contributed by atoms with Crippen molar-refractivity contribution in [3.05, 3.63) is 71.2 Å². The number of benzene rings is 2. The van der Waals surface area contributed by atoms with Gasteiger partial charge in [0, 0.05) is 30.6 Å². The van der Waals surface area contributed by atoms with Crippen molar-refractivity contribution in [2.45, 2.75) is 38.3 Å². The van der Waals surface area contributed by atoms with Gasteiger partial charge < -0.3 is 20.1 Å². The van der Waals surface area contributed by atoms with Crippen molar-refractivity contribution in [3.8, 4) is 0 Å². The number of alkyl halides is 2. The van der Waals surface area contributed by atoms with Crippen molar-refractivity contribution in [3.63, 3.8) is 0 Å². The average molecular weight is 527 g/mol. The average Bonchev–Trinajstić information content (AvgIpc) is 2.86. The van der Waals surface area contributed by atoms with Gasteiger partial charge in [0.15, 0.2) is 0 Å². The quantitative estimate of drug-likeness (QED) is 0.471. The first-order chi connectivity index (χ1) is 18.1. The Balaban J connectivity index is 1.36. The van der Waals surface area contributed by atoms with Crippen LogP contribution in [0.15, 0.2) is 48.7 Å². The summed E-state index contributed by atoms with van der Waals surface area (Å²) >= 11 is 0. The van der Waals surface area contributed by atoms with Crippen LogP contribution in [0.4, 0.5) is 18.9 Å². The Morgan fingerprint density at radius 1 is 1.24 bits per heavy atom. The van der Waals surface area contributed by atoms with Crippen LogP contribution in [-0.2, 0) is 22.0 Å². The van der Waals surface area contributed by atoms with Gasteiger partial charge in [-0.25, -0.2) is 4.39 Å². The zero-order valence-electron chi connectivity index (χ0n) is 21.2. The standard InChI is InChI=1S/C28H29F3N4O3/c1-27(2,37)28(30,31)22-5-3-4-19(25(22)29)13-32-24-14-33-34-23-7-6-18(12-21(23)24)17-8-10-35(11-9-17)26(36)20-15-38-16-20/h3-8,12,14,20,37H,9-11,13,15-16H2,1-2H3,(H,32,34). The van der Waals surface area contributed by atoms with Gasteiger partial charge in [0.25, 0.3) is 0 Å². The third kappa shape index (κ3) is 4.86. The van der Waals surface area contributed by atoms with Gasteiger partial charge in [0.1, 0.15) is 11.4 Å². The highest BCUT2D eigenvalue weighted by Crippen LogP contribution is 2.40. The molecule has 0 bridgehead atoms. The molecule has 0 saturated carbocycles.